The number of hydrogen-bond acceptors (Lipinski definition) is 6. The maximum Gasteiger partial charge on any atom is 0.0845 e. The molecule has 1 aliphatic heterocycles. The number of nitrogens with zero attached hydrogens (tertiary/aromatic N) is 6. The molecule has 0 spiro atoms. The van der Waals surface area contributed by atoms with Crippen LogP contribution in [0, 0.1) is 0 Å². The molecule has 4 aromatic rings. The van der Waals surface area contributed by atoms with Crippen molar-refractivity contribution < 1.29 is 0 Å². The van der Waals surface area contributed by atoms with Crippen LogP contribution in [0.3, 0.4) is 0 Å². The Bertz CT molecular complexity index is 1680. The van der Waals surface area contributed by atoms with E-state index in [4.69, 9.17) is 29.9 Å². The van der Waals surface area contributed by atoms with Crippen molar-refractivity contribution in [1.82, 2.24) is 9.97 Å². The maximum atomic E-state index is 5.21. The molecule has 5 rings (SSSR count). The van der Waals surface area contributed by atoms with Gasteiger partial charge in [-0.2, -0.15) is 0 Å². The molecule has 52 heavy (non-hydrogen) atoms. The first-order valence-corrected chi connectivity index (χ1v) is 19.3. The van der Waals surface area contributed by atoms with Crippen molar-refractivity contribution in [3.8, 4) is 0 Å². The van der Waals surface area contributed by atoms with Crippen LogP contribution in [-0.2, 0) is 12.8 Å². The van der Waals surface area contributed by atoms with Gasteiger partial charge in [0.25, 0.3) is 0 Å². The van der Waals surface area contributed by atoms with Crippen molar-refractivity contribution in [3.63, 3.8) is 0 Å². The van der Waals surface area contributed by atoms with Gasteiger partial charge in [-0.3, -0.25) is 20.0 Å². The van der Waals surface area contributed by atoms with Crippen molar-refractivity contribution in [3.05, 3.63) is 130 Å². The summed E-state index contributed by atoms with van der Waals surface area (Å²) in [5, 5.41) is 0. The molecule has 2 aromatic heterocycles. The van der Waals surface area contributed by atoms with Crippen LogP contribution in [-0.4, -0.2) is 58.0 Å². The molecule has 1 aliphatic rings. The van der Waals surface area contributed by atoms with Gasteiger partial charge in [-0.25, -0.2) is 9.97 Å². The van der Waals surface area contributed by atoms with Gasteiger partial charge < -0.3 is 0 Å². The van der Waals surface area contributed by atoms with E-state index in [-0.39, 0.29) is 12.1 Å². The normalized spacial score (nSPS) is 16.5. The maximum absolute atomic E-state index is 5.21. The van der Waals surface area contributed by atoms with Crippen molar-refractivity contribution in [1.29, 1.82) is 0 Å². The molecule has 2 atom stereocenters. The molecule has 276 valence electrons. The zero-order chi connectivity index (χ0) is 38.2. The van der Waals surface area contributed by atoms with E-state index in [1.807, 2.05) is 91.8 Å². The summed E-state index contributed by atoms with van der Waals surface area (Å²) in [5.41, 5.74) is 12.2. The molecule has 2 aromatic carbocycles. The largest absolute Gasteiger partial charge is 0.286 e. The lowest BCUT2D eigenvalue weighted by atomic mass is 9.99. The van der Waals surface area contributed by atoms with Crippen LogP contribution in [0.25, 0.3) is 0 Å². The number of aliphatic imine (C=N–C) groups is 4. The first-order valence-electron chi connectivity index (χ1n) is 19.3. The van der Waals surface area contributed by atoms with Gasteiger partial charge in [-0.15, -0.1) is 0 Å². The van der Waals surface area contributed by atoms with E-state index < -0.39 is 0 Å². The Kier molecular flexibility index (Phi) is 17.0. The van der Waals surface area contributed by atoms with Gasteiger partial charge in [0.2, 0.25) is 0 Å². The molecule has 4 bridgehead atoms. The van der Waals surface area contributed by atoms with Crippen LogP contribution in [0.2, 0.25) is 0 Å². The average Bonchev–Trinajstić information content (AvgIpc) is 3.17. The van der Waals surface area contributed by atoms with E-state index >= 15 is 0 Å². The van der Waals surface area contributed by atoms with Gasteiger partial charge in [0.05, 0.1) is 70.8 Å². The third-order valence-corrected chi connectivity index (χ3v) is 9.05. The zero-order valence-corrected chi connectivity index (χ0v) is 33.9. The van der Waals surface area contributed by atoms with Crippen LogP contribution in [0.1, 0.15) is 140 Å². The highest BCUT2D eigenvalue weighted by molar-refractivity contribution is 6.02. The summed E-state index contributed by atoms with van der Waals surface area (Å²) in [7, 11) is 0. The fraction of sp³-hybridized carbons (Fsp3) is 0.435. The summed E-state index contributed by atoms with van der Waals surface area (Å²) in [6, 6.07) is 29.9. The molecule has 0 amide bonds. The van der Waals surface area contributed by atoms with E-state index in [9.17, 15) is 0 Å². The van der Waals surface area contributed by atoms with Gasteiger partial charge in [-0.1, -0.05) is 116 Å². The van der Waals surface area contributed by atoms with E-state index in [1.54, 1.807) is 0 Å². The van der Waals surface area contributed by atoms with Crippen LogP contribution in [0.4, 0.5) is 0 Å². The van der Waals surface area contributed by atoms with Gasteiger partial charge in [-0.05, 0) is 98.9 Å². The van der Waals surface area contributed by atoms with Gasteiger partial charge in [0.15, 0.2) is 0 Å². The number of rotatable bonds is 6. The van der Waals surface area contributed by atoms with Crippen LogP contribution in [0.15, 0.2) is 105 Å². The van der Waals surface area contributed by atoms with E-state index in [0.29, 0.717) is 24.9 Å². The lowest BCUT2D eigenvalue weighted by Crippen LogP contribution is -2.19. The molecule has 0 fully saturated rings. The standard InChI is InChI=1S/C42H50N6.2C2H6/c1-27(2)35-19-15-33(16-20-35)23-37-25-43-29(5)39-11-10-14-42(48-39)32(8)46-38(24-34-17-21-36(22-18-34)28(3)4)26-44-30(6)40-12-9-13-41(47-40)31(7)45-37;2*1-2/h9-22,27-28,37-38H,23-26H2,1-8H3;2*1-2H3. The smallest absolute Gasteiger partial charge is 0.0845 e. The first-order chi connectivity index (χ1) is 25.0. The van der Waals surface area contributed by atoms with Gasteiger partial charge >= 0.3 is 0 Å². The molecule has 0 N–H and O–H groups in total. The Morgan fingerprint density at radius 1 is 0.462 bits per heavy atom. The topological polar surface area (TPSA) is 75.2 Å². The number of aromatic nitrogens is 2. The Labute approximate surface area is 314 Å². The van der Waals surface area contributed by atoms with Crippen LogP contribution >= 0.6 is 0 Å². The highest BCUT2D eigenvalue weighted by Crippen LogP contribution is 2.19. The minimum Gasteiger partial charge on any atom is -0.286 e. The third-order valence-electron chi connectivity index (χ3n) is 9.05. The van der Waals surface area contributed by atoms with E-state index in [0.717, 1.165) is 58.5 Å². The predicted octanol–water partition coefficient (Wildman–Crippen LogP) is 10.9. The molecule has 6 heteroatoms. The lowest BCUT2D eigenvalue weighted by Gasteiger charge is -2.16. The summed E-state index contributed by atoms with van der Waals surface area (Å²) < 4.78 is 0. The Hall–Kier alpha value is -4.58. The molecule has 6 nitrogen and oxygen atoms in total. The summed E-state index contributed by atoms with van der Waals surface area (Å²) in [4.78, 5) is 30.5. The van der Waals surface area contributed by atoms with Crippen LogP contribution < -0.4 is 0 Å². The van der Waals surface area contributed by atoms with Gasteiger partial charge in [0.1, 0.15) is 0 Å². The summed E-state index contributed by atoms with van der Waals surface area (Å²) in [6.07, 6.45) is 1.57. The lowest BCUT2D eigenvalue weighted by molar-refractivity contribution is 0.680. The zero-order valence-electron chi connectivity index (χ0n) is 33.9. The highest BCUT2D eigenvalue weighted by atomic mass is 14.9. The molecule has 3 heterocycles. The Morgan fingerprint density at radius 3 is 1.08 bits per heavy atom. The third kappa shape index (κ3) is 12.3. The molecular weight excluding hydrogens is 637 g/mol. The molecule has 0 saturated heterocycles. The summed E-state index contributed by atoms with van der Waals surface area (Å²) in [6.45, 7) is 26.2. The van der Waals surface area contributed by atoms with Crippen molar-refractivity contribution in [2.75, 3.05) is 13.1 Å². The van der Waals surface area contributed by atoms with E-state index in [2.05, 4.69) is 76.2 Å². The average molecular weight is 699 g/mol. The molecular formula is C46H62N6. The number of benzene rings is 2. The first kappa shape index (κ1) is 41.8. The van der Waals surface area contributed by atoms with E-state index in [1.165, 1.54) is 22.3 Å². The Morgan fingerprint density at radius 2 is 0.769 bits per heavy atom. The second-order valence-electron chi connectivity index (χ2n) is 13.6. The minimum atomic E-state index is -0.0502. The second kappa shape index (κ2) is 21.1. The number of fused-ring (bicyclic) bond motifs is 4. The molecule has 0 aliphatic carbocycles. The molecule has 0 radical (unpaired) electrons. The summed E-state index contributed by atoms with van der Waals surface area (Å²) in [5.74, 6) is 0.996. The van der Waals surface area contributed by atoms with Crippen LogP contribution in [0.5, 0.6) is 0 Å². The fourth-order valence-electron chi connectivity index (χ4n) is 5.93. The predicted molar refractivity (Wildman–Crippen MR) is 226 cm³/mol. The quantitative estimate of drug-likeness (QED) is 0.201. The molecule has 0 saturated carbocycles. The second-order valence-corrected chi connectivity index (χ2v) is 13.6. The molecule has 2 unspecified atom stereocenters. The number of hydrogen-bond donors (Lipinski definition) is 0. The summed E-state index contributed by atoms with van der Waals surface area (Å²) >= 11 is 0. The monoisotopic (exact) mass is 699 g/mol. The fourth-order valence-corrected chi connectivity index (χ4v) is 5.93. The Balaban J connectivity index is 0.00000176. The minimum absolute atomic E-state index is 0.0502. The van der Waals surface area contributed by atoms with Crippen molar-refractivity contribution in [2.24, 2.45) is 20.0 Å². The SMILES string of the molecule is CC.CC.CC1=NCC(Cc2ccc(C(C)C)cc2)N=C(C)c2cccc(n2)C(C)=NCC(Cc2ccc(C(C)C)cc2)N=C(C)c2cccc1n2. The number of pyridine rings is 2. The van der Waals surface area contributed by atoms with Crippen molar-refractivity contribution in [2.45, 2.75) is 120 Å². The van der Waals surface area contributed by atoms with Gasteiger partial charge in [0, 0.05) is 0 Å². The highest BCUT2D eigenvalue weighted by Gasteiger charge is 2.15. The van der Waals surface area contributed by atoms with Crippen molar-refractivity contribution >= 4 is 22.8 Å².